The Morgan fingerprint density at radius 1 is 1.00 bits per heavy atom. The van der Waals surface area contributed by atoms with E-state index in [9.17, 15) is 13.5 Å². The summed E-state index contributed by atoms with van der Waals surface area (Å²) >= 11 is 0. The second kappa shape index (κ2) is 10.6. The molecule has 0 unspecified atom stereocenters. The summed E-state index contributed by atoms with van der Waals surface area (Å²) in [6.45, 7) is 1.43. The Labute approximate surface area is 214 Å². The predicted molar refractivity (Wildman–Crippen MR) is 134 cm³/mol. The summed E-state index contributed by atoms with van der Waals surface area (Å²) in [5.74, 6) is 0.968. The molecule has 0 fully saturated rings. The van der Waals surface area contributed by atoms with E-state index in [4.69, 9.17) is 14.2 Å². The first-order valence-corrected chi connectivity index (χ1v) is 13.0. The highest BCUT2D eigenvalue weighted by atomic mass is 32.2. The van der Waals surface area contributed by atoms with E-state index in [0.717, 1.165) is 0 Å². The van der Waals surface area contributed by atoms with Crippen molar-refractivity contribution in [2.24, 2.45) is 7.05 Å². The molecular formula is C24H28N6O6S. The number of aliphatic hydroxyl groups excluding tert-OH is 1. The Morgan fingerprint density at radius 3 is 2.27 bits per heavy atom. The first kappa shape index (κ1) is 26.1. The molecule has 1 N–H and O–H groups in total. The Morgan fingerprint density at radius 2 is 1.68 bits per heavy atom. The SMILES string of the molecule is COc1cccc(-c2nnc(CS(=O)(=O)[C@@H](C)[C@@H](O)c3cn(C)cn3)n2-c2c(OC)cccc2OC)n1. The minimum atomic E-state index is -3.95. The number of nitrogens with zero attached hydrogens (tertiary/aromatic N) is 6. The van der Waals surface area contributed by atoms with Crippen molar-refractivity contribution in [3.8, 4) is 34.6 Å². The summed E-state index contributed by atoms with van der Waals surface area (Å²) in [7, 11) is 2.26. The molecule has 1 aromatic carbocycles. The van der Waals surface area contributed by atoms with E-state index in [0.29, 0.717) is 28.8 Å². The molecule has 12 nitrogen and oxygen atoms in total. The van der Waals surface area contributed by atoms with Crippen molar-refractivity contribution in [3.05, 3.63) is 60.4 Å². The number of hydrogen-bond acceptors (Lipinski definition) is 10. The van der Waals surface area contributed by atoms with E-state index in [-0.39, 0.29) is 17.3 Å². The fraction of sp³-hybridized carbons (Fsp3) is 0.333. The molecule has 0 aliphatic heterocycles. The van der Waals surface area contributed by atoms with Crippen LogP contribution in [-0.2, 0) is 22.6 Å². The average molecular weight is 529 g/mol. The molecule has 0 bridgehead atoms. The monoisotopic (exact) mass is 528 g/mol. The highest BCUT2D eigenvalue weighted by molar-refractivity contribution is 7.91. The minimum absolute atomic E-state index is 0.0856. The van der Waals surface area contributed by atoms with Gasteiger partial charge in [0.25, 0.3) is 0 Å². The van der Waals surface area contributed by atoms with Crippen molar-refractivity contribution in [1.82, 2.24) is 29.3 Å². The number of aromatic nitrogens is 6. The molecule has 2 atom stereocenters. The van der Waals surface area contributed by atoms with Gasteiger partial charge in [0.2, 0.25) is 5.88 Å². The lowest BCUT2D eigenvalue weighted by Gasteiger charge is -2.20. The van der Waals surface area contributed by atoms with Crippen molar-refractivity contribution in [2.75, 3.05) is 21.3 Å². The number of methoxy groups -OCH3 is 3. The van der Waals surface area contributed by atoms with Gasteiger partial charge in [0.15, 0.2) is 21.5 Å². The van der Waals surface area contributed by atoms with Gasteiger partial charge in [-0.1, -0.05) is 12.1 Å². The number of benzene rings is 1. The number of hydrogen-bond donors (Lipinski definition) is 1. The number of sulfone groups is 1. The largest absolute Gasteiger partial charge is 0.494 e. The zero-order chi connectivity index (χ0) is 26.7. The van der Waals surface area contributed by atoms with Gasteiger partial charge >= 0.3 is 0 Å². The van der Waals surface area contributed by atoms with Gasteiger partial charge in [-0.25, -0.2) is 18.4 Å². The number of aryl methyl sites for hydroxylation is 1. The molecule has 196 valence electrons. The Bertz CT molecular complexity index is 1480. The number of rotatable bonds is 10. The van der Waals surface area contributed by atoms with E-state index in [1.54, 1.807) is 54.2 Å². The van der Waals surface area contributed by atoms with Crippen LogP contribution in [0, 0.1) is 0 Å². The first-order chi connectivity index (χ1) is 17.7. The third kappa shape index (κ3) is 5.13. The zero-order valence-electron chi connectivity index (χ0n) is 21.1. The van der Waals surface area contributed by atoms with Crippen LogP contribution in [-0.4, -0.2) is 69.4 Å². The van der Waals surface area contributed by atoms with E-state index in [2.05, 4.69) is 20.2 Å². The average Bonchev–Trinajstić information content (AvgIpc) is 3.52. The van der Waals surface area contributed by atoms with Crippen molar-refractivity contribution in [3.63, 3.8) is 0 Å². The molecular weight excluding hydrogens is 500 g/mol. The normalized spacial score (nSPS) is 13.2. The Hall–Kier alpha value is -3.97. The van der Waals surface area contributed by atoms with Gasteiger partial charge in [-0.3, -0.25) is 4.57 Å². The number of aliphatic hydroxyl groups is 1. The Kier molecular flexibility index (Phi) is 7.45. The van der Waals surface area contributed by atoms with Crippen LogP contribution < -0.4 is 14.2 Å². The minimum Gasteiger partial charge on any atom is -0.494 e. The van der Waals surface area contributed by atoms with Crippen molar-refractivity contribution in [2.45, 2.75) is 24.0 Å². The predicted octanol–water partition coefficient (Wildman–Crippen LogP) is 2.13. The van der Waals surface area contributed by atoms with Crippen molar-refractivity contribution >= 4 is 9.84 Å². The van der Waals surface area contributed by atoms with Gasteiger partial charge < -0.3 is 23.9 Å². The number of para-hydroxylation sites is 1. The van der Waals surface area contributed by atoms with Crippen LogP contribution in [0.1, 0.15) is 24.5 Å². The van der Waals surface area contributed by atoms with Crippen LogP contribution in [0.25, 0.3) is 17.2 Å². The maximum Gasteiger partial charge on any atom is 0.213 e. The lowest BCUT2D eigenvalue weighted by molar-refractivity contribution is 0.171. The molecule has 4 aromatic rings. The number of imidazole rings is 1. The third-order valence-corrected chi connectivity index (χ3v) is 7.94. The maximum absolute atomic E-state index is 13.5. The van der Waals surface area contributed by atoms with Gasteiger partial charge in [-0.05, 0) is 25.1 Å². The molecule has 0 saturated carbocycles. The van der Waals surface area contributed by atoms with Crippen LogP contribution in [0.2, 0.25) is 0 Å². The smallest absolute Gasteiger partial charge is 0.213 e. The zero-order valence-corrected chi connectivity index (χ0v) is 21.9. The fourth-order valence-corrected chi connectivity index (χ4v) is 5.19. The molecule has 13 heteroatoms. The van der Waals surface area contributed by atoms with E-state index in [1.165, 1.54) is 39.1 Å². The van der Waals surface area contributed by atoms with Crippen LogP contribution in [0.4, 0.5) is 0 Å². The molecule has 0 radical (unpaired) electrons. The lowest BCUT2D eigenvalue weighted by Crippen LogP contribution is -2.28. The van der Waals surface area contributed by atoms with E-state index < -0.39 is 26.9 Å². The second-order valence-electron chi connectivity index (χ2n) is 8.27. The van der Waals surface area contributed by atoms with Gasteiger partial charge in [0, 0.05) is 19.3 Å². The molecule has 0 saturated heterocycles. The molecule has 3 aromatic heterocycles. The Balaban J connectivity index is 1.85. The summed E-state index contributed by atoms with van der Waals surface area (Å²) in [6, 6.07) is 10.3. The molecule has 0 aliphatic rings. The standard InChI is InChI=1S/C24H28N6O6S/c1-15(23(31)17-12-29(2)14-25-17)37(32,33)13-20-27-28-24(16-8-6-11-21(26-16)36-5)30(20)22-18(34-3)9-7-10-19(22)35-4/h6-12,14-15,23,31H,13H2,1-5H3/t15-,23+/m0/s1. The van der Waals surface area contributed by atoms with Crippen LogP contribution >= 0.6 is 0 Å². The second-order valence-corrected chi connectivity index (χ2v) is 10.6. The summed E-state index contributed by atoms with van der Waals surface area (Å²) < 4.78 is 46.6. The molecule has 0 aliphatic carbocycles. The van der Waals surface area contributed by atoms with Crippen LogP contribution in [0.5, 0.6) is 17.4 Å². The van der Waals surface area contributed by atoms with Crippen molar-refractivity contribution in [1.29, 1.82) is 0 Å². The fourth-order valence-electron chi connectivity index (χ4n) is 3.85. The third-order valence-electron chi connectivity index (χ3n) is 5.89. The molecule has 4 rings (SSSR count). The first-order valence-electron chi connectivity index (χ1n) is 11.2. The van der Waals surface area contributed by atoms with Crippen LogP contribution in [0.15, 0.2) is 48.9 Å². The van der Waals surface area contributed by atoms with Crippen molar-refractivity contribution < 1.29 is 27.7 Å². The van der Waals surface area contributed by atoms with Gasteiger partial charge in [-0.2, -0.15) is 0 Å². The summed E-state index contributed by atoms with van der Waals surface area (Å²) in [4.78, 5) is 8.54. The van der Waals surface area contributed by atoms with E-state index >= 15 is 0 Å². The molecule has 3 heterocycles. The van der Waals surface area contributed by atoms with Gasteiger partial charge in [0.05, 0.1) is 38.6 Å². The lowest BCUT2D eigenvalue weighted by atomic mass is 10.2. The summed E-state index contributed by atoms with van der Waals surface area (Å²) in [6.07, 6.45) is 1.74. The summed E-state index contributed by atoms with van der Waals surface area (Å²) in [5, 5.41) is 18.1. The van der Waals surface area contributed by atoms with Gasteiger partial charge in [-0.15, -0.1) is 10.2 Å². The quantitative estimate of drug-likeness (QED) is 0.325. The topological polar surface area (TPSA) is 143 Å². The maximum atomic E-state index is 13.5. The van der Waals surface area contributed by atoms with E-state index in [1.807, 2.05) is 0 Å². The van der Waals surface area contributed by atoms with Crippen LogP contribution in [0.3, 0.4) is 0 Å². The molecule has 0 amide bonds. The number of pyridine rings is 1. The molecule has 0 spiro atoms. The number of ether oxygens (including phenoxy) is 3. The highest BCUT2D eigenvalue weighted by Gasteiger charge is 2.34. The highest BCUT2D eigenvalue weighted by Crippen LogP contribution is 2.37. The summed E-state index contributed by atoms with van der Waals surface area (Å²) in [5.41, 5.74) is 1.05. The van der Waals surface area contributed by atoms with Gasteiger partial charge in [0.1, 0.15) is 34.7 Å². The molecule has 37 heavy (non-hydrogen) atoms.